The molecule has 124 valence electrons. The van der Waals surface area contributed by atoms with Crippen LogP contribution in [0.4, 0.5) is 5.13 Å². The van der Waals surface area contributed by atoms with Gasteiger partial charge in [-0.05, 0) is 27.2 Å². The Morgan fingerprint density at radius 2 is 2.00 bits per heavy atom. The minimum Gasteiger partial charge on any atom is -0.341 e. The Morgan fingerprint density at radius 1 is 1.30 bits per heavy atom. The van der Waals surface area contributed by atoms with Crippen LogP contribution in [0.15, 0.2) is 6.20 Å². The summed E-state index contributed by atoms with van der Waals surface area (Å²) in [6, 6.07) is -0.250. The number of aryl methyl sites for hydroxylation is 3. The zero-order valence-corrected chi connectivity index (χ0v) is 14.7. The number of carbonyl (C=O) groups excluding carboxylic acids is 2. The molecule has 8 heteroatoms. The first-order valence-electron chi connectivity index (χ1n) is 7.37. The van der Waals surface area contributed by atoms with Gasteiger partial charge in [0.15, 0.2) is 5.13 Å². The average molecular weight is 335 g/mol. The van der Waals surface area contributed by atoms with E-state index in [1.165, 1.54) is 11.3 Å². The summed E-state index contributed by atoms with van der Waals surface area (Å²) in [5.41, 5.74) is 2.79. The second kappa shape index (κ2) is 6.91. The van der Waals surface area contributed by atoms with Crippen LogP contribution in [-0.4, -0.2) is 26.6 Å². The topological polar surface area (TPSA) is 88.9 Å². The van der Waals surface area contributed by atoms with Gasteiger partial charge in [0.25, 0.3) is 0 Å². The number of rotatable bonds is 4. The normalized spacial score (nSPS) is 12.0. The molecule has 0 unspecified atom stereocenters. The van der Waals surface area contributed by atoms with Crippen molar-refractivity contribution in [2.75, 3.05) is 5.32 Å². The maximum atomic E-state index is 12.2. The Bertz CT molecular complexity index is 734. The van der Waals surface area contributed by atoms with E-state index in [0.29, 0.717) is 11.6 Å². The molecule has 2 amide bonds. The Labute approximate surface area is 139 Å². The second-order valence-electron chi connectivity index (χ2n) is 5.37. The number of anilines is 1. The molecule has 0 spiro atoms. The average Bonchev–Trinajstić information content (AvgIpc) is 3.00. The highest BCUT2D eigenvalue weighted by Crippen LogP contribution is 2.23. The summed E-state index contributed by atoms with van der Waals surface area (Å²) >= 11 is 1.33. The van der Waals surface area contributed by atoms with Crippen LogP contribution in [0.5, 0.6) is 0 Å². The summed E-state index contributed by atoms with van der Waals surface area (Å²) in [7, 11) is 1.86. The van der Waals surface area contributed by atoms with E-state index < -0.39 is 11.8 Å². The van der Waals surface area contributed by atoms with Crippen molar-refractivity contribution in [1.29, 1.82) is 0 Å². The van der Waals surface area contributed by atoms with Crippen molar-refractivity contribution in [3.63, 3.8) is 0 Å². The van der Waals surface area contributed by atoms with Gasteiger partial charge in [-0.15, -0.1) is 11.3 Å². The Hall–Kier alpha value is -2.22. The molecule has 2 aromatic heterocycles. The van der Waals surface area contributed by atoms with Crippen molar-refractivity contribution in [1.82, 2.24) is 20.1 Å². The number of thiazole rings is 1. The van der Waals surface area contributed by atoms with E-state index in [9.17, 15) is 9.59 Å². The van der Waals surface area contributed by atoms with Gasteiger partial charge in [-0.3, -0.25) is 19.6 Å². The Balaban J connectivity index is 2.09. The molecule has 0 bridgehead atoms. The third-order valence-electron chi connectivity index (χ3n) is 3.67. The zero-order chi connectivity index (χ0) is 17.1. The van der Waals surface area contributed by atoms with Crippen molar-refractivity contribution < 1.29 is 9.59 Å². The number of hydrogen-bond donors (Lipinski definition) is 2. The van der Waals surface area contributed by atoms with Gasteiger partial charge in [0.1, 0.15) is 0 Å². The molecule has 0 aromatic carbocycles. The van der Waals surface area contributed by atoms with Gasteiger partial charge in [-0.1, -0.05) is 6.92 Å². The van der Waals surface area contributed by atoms with Gasteiger partial charge < -0.3 is 5.32 Å². The molecule has 0 radical (unpaired) electrons. The van der Waals surface area contributed by atoms with Gasteiger partial charge in [-0.2, -0.15) is 5.10 Å². The van der Waals surface area contributed by atoms with Gasteiger partial charge in [-0.25, -0.2) is 4.98 Å². The highest BCUT2D eigenvalue weighted by atomic mass is 32.1. The van der Waals surface area contributed by atoms with Crippen molar-refractivity contribution in [2.24, 2.45) is 7.05 Å². The third-order valence-corrected chi connectivity index (χ3v) is 4.50. The van der Waals surface area contributed by atoms with E-state index in [4.69, 9.17) is 0 Å². The first-order chi connectivity index (χ1) is 10.8. The van der Waals surface area contributed by atoms with Crippen LogP contribution < -0.4 is 10.6 Å². The van der Waals surface area contributed by atoms with E-state index >= 15 is 0 Å². The lowest BCUT2D eigenvalue weighted by molar-refractivity contribution is -0.136. The summed E-state index contributed by atoms with van der Waals surface area (Å²) in [5, 5.41) is 10.1. The van der Waals surface area contributed by atoms with Gasteiger partial charge in [0.2, 0.25) is 0 Å². The fourth-order valence-corrected chi connectivity index (χ4v) is 3.12. The highest BCUT2D eigenvalue weighted by molar-refractivity contribution is 7.15. The molecule has 0 saturated carbocycles. The largest absolute Gasteiger partial charge is 0.341 e. The standard InChI is InChI=1S/C15H21N5O2S/c1-6-11(12-9(3)19-20(5)10(12)4)17-13(21)14(22)18-15-16-7-8(2)23-15/h7,11H,6H2,1-5H3,(H,17,21)(H,16,18,22)/t11-/m0/s1. The van der Waals surface area contributed by atoms with Crippen LogP contribution in [-0.2, 0) is 16.6 Å². The number of nitrogens with zero attached hydrogens (tertiary/aromatic N) is 3. The molecule has 23 heavy (non-hydrogen) atoms. The molecule has 0 aliphatic heterocycles. The van der Waals surface area contributed by atoms with Crippen LogP contribution in [0.1, 0.15) is 41.2 Å². The number of amides is 2. The molecule has 7 nitrogen and oxygen atoms in total. The van der Waals surface area contributed by atoms with Crippen LogP contribution in [0.2, 0.25) is 0 Å². The molecule has 2 aromatic rings. The van der Waals surface area contributed by atoms with E-state index in [-0.39, 0.29) is 6.04 Å². The monoisotopic (exact) mass is 335 g/mol. The summed E-state index contributed by atoms with van der Waals surface area (Å²) in [5.74, 6) is -1.38. The fraction of sp³-hybridized carbons (Fsp3) is 0.467. The molecule has 0 saturated heterocycles. The third kappa shape index (κ3) is 3.76. The quantitative estimate of drug-likeness (QED) is 0.837. The van der Waals surface area contributed by atoms with Crippen molar-refractivity contribution >= 4 is 28.3 Å². The molecular weight excluding hydrogens is 314 g/mol. The first-order valence-corrected chi connectivity index (χ1v) is 8.19. The minimum atomic E-state index is -0.711. The van der Waals surface area contributed by atoms with E-state index in [1.54, 1.807) is 10.9 Å². The van der Waals surface area contributed by atoms with E-state index in [1.807, 2.05) is 34.7 Å². The lowest BCUT2D eigenvalue weighted by Gasteiger charge is -2.17. The Kier molecular flexibility index (Phi) is 5.15. The highest BCUT2D eigenvalue weighted by Gasteiger charge is 2.24. The molecule has 0 aliphatic carbocycles. The van der Waals surface area contributed by atoms with Crippen LogP contribution in [0.25, 0.3) is 0 Å². The molecule has 2 rings (SSSR count). The Morgan fingerprint density at radius 3 is 2.48 bits per heavy atom. The van der Waals surface area contributed by atoms with E-state index in [2.05, 4.69) is 20.7 Å². The van der Waals surface area contributed by atoms with Crippen molar-refractivity contribution in [3.8, 4) is 0 Å². The summed E-state index contributed by atoms with van der Waals surface area (Å²) in [6.45, 7) is 7.69. The van der Waals surface area contributed by atoms with Gasteiger partial charge >= 0.3 is 11.8 Å². The maximum Gasteiger partial charge on any atom is 0.315 e. The molecule has 0 aliphatic rings. The lowest BCUT2D eigenvalue weighted by atomic mass is 10.0. The van der Waals surface area contributed by atoms with Crippen molar-refractivity contribution in [3.05, 3.63) is 28.0 Å². The predicted molar refractivity (Wildman–Crippen MR) is 89.3 cm³/mol. The summed E-state index contributed by atoms with van der Waals surface area (Å²) in [6.07, 6.45) is 2.32. The molecule has 1 atom stereocenters. The number of aromatic nitrogens is 3. The van der Waals surface area contributed by atoms with Gasteiger partial charge in [0, 0.05) is 29.4 Å². The fourth-order valence-electron chi connectivity index (χ4n) is 2.46. The minimum absolute atomic E-state index is 0.250. The summed E-state index contributed by atoms with van der Waals surface area (Å²) < 4.78 is 1.78. The molecule has 2 N–H and O–H groups in total. The first kappa shape index (κ1) is 17.1. The number of carbonyl (C=O) groups is 2. The molecule has 0 fully saturated rings. The van der Waals surface area contributed by atoms with Crippen LogP contribution >= 0.6 is 11.3 Å². The van der Waals surface area contributed by atoms with Crippen LogP contribution in [0, 0.1) is 20.8 Å². The summed E-state index contributed by atoms with van der Waals surface area (Å²) in [4.78, 5) is 29.1. The van der Waals surface area contributed by atoms with Gasteiger partial charge in [0.05, 0.1) is 11.7 Å². The smallest absolute Gasteiger partial charge is 0.315 e. The number of hydrogen-bond acceptors (Lipinski definition) is 5. The maximum absolute atomic E-state index is 12.2. The zero-order valence-electron chi connectivity index (χ0n) is 13.9. The SMILES string of the molecule is CC[C@H](NC(=O)C(=O)Nc1ncc(C)s1)c1c(C)nn(C)c1C. The molecule has 2 heterocycles. The van der Waals surface area contributed by atoms with E-state index in [0.717, 1.165) is 21.8 Å². The van der Waals surface area contributed by atoms with Crippen molar-refractivity contribution in [2.45, 2.75) is 40.2 Å². The predicted octanol–water partition coefficient (Wildman–Crippen LogP) is 2.01. The lowest BCUT2D eigenvalue weighted by Crippen LogP contribution is -2.38. The molecular formula is C15H21N5O2S. The van der Waals surface area contributed by atoms with Crippen LogP contribution in [0.3, 0.4) is 0 Å². The second-order valence-corrected chi connectivity index (χ2v) is 6.61. The number of nitrogens with one attached hydrogen (secondary N) is 2.